The Morgan fingerprint density at radius 3 is 2.57 bits per heavy atom. The molecule has 0 rings (SSSR count). The van der Waals surface area contributed by atoms with Crippen LogP contribution in [-0.4, -0.2) is 45.4 Å². The lowest BCUT2D eigenvalue weighted by molar-refractivity contribution is -0.141. The first-order valence-electron chi connectivity index (χ1n) is 4.37. The normalized spacial score (nSPS) is 9.29. The first kappa shape index (κ1) is 12.7. The van der Waals surface area contributed by atoms with Crippen LogP contribution in [0, 0.1) is 0 Å². The third-order valence-corrected chi connectivity index (χ3v) is 1.29. The molecule has 0 aliphatic carbocycles. The largest absolute Gasteiger partial charge is 0.465 e. The Morgan fingerprint density at radius 1 is 1.29 bits per heavy atom. The molecule has 0 saturated heterocycles. The van der Waals surface area contributed by atoms with E-state index in [2.05, 4.69) is 15.4 Å². The van der Waals surface area contributed by atoms with E-state index in [1.54, 1.807) is 6.92 Å². The van der Waals surface area contributed by atoms with E-state index in [0.717, 1.165) is 0 Å². The maximum atomic E-state index is 10.9. The van der Waals surface area contributed by atoms with E-state index in [-0.39, 0.29) is 6.54 Å². The van der Waals surface area contributed by atoms with Crippen molar-refractivity contribution in [3.05, 3.63) is 0 Å². The van der Waals surface area contributed by atoms with Crippen molar-refractivity contribution in [2.24, 2.45) is 0 Å². The Kier molecular flexibility index (Phi) is 7.53. The molecule has 0 bridgehead atoms. The van der Waals surface area contributed by atoms with Gasteiger partial charge in [0.05, 0.1) is 13.2 Å². The molecule has 0 aliphatic rings. The summed E-state index contributed by atoms with van der Waals surface area (Å²) in [6.07, 6.45) is 0. The molecule has 0 aliphatic heterocycles. The fourth-order valence-corrected chi connectivity index (χ4v) is 0.694. The summed E-state index contributed by atoms with van der Waals surface area (Å²) >= 11 is 0. The van der Waals surface area contributed by atoms with Crippen molar-refractivity contribution in [2.45, 2.75) is 6.92 Å². The number of carbonyl (C=O) groups excluding carboxylic acids is 2. The summed E-state index contributed by atoms with van der Waals surface area (Å²) in [5.41, 5.74) is 0. The van der Waals surface area contributed by atoms with Gasteiger partial charge in [0, 0.05) is 13.7 Å². The third-order valence-electron chi connectivity index (χ3n) is 1.29. The lowest BCUT2D eigenvalue weighted by Gasteiger charge is -2.06. The Labute approximate surface area is 82.9 Å². The zero-order valence-electron chi connectivity index (χ0n) is 8.46. The first-order chi connectivity index (χ1) is 6.70. The highest BCUT2D eigenvalue weighted by Crippen LogP contribution is 1.75. The van der Waals surface area contributed by atoms with Gasteiger partial charge in [-0.3, -0.25) is 4.79 Å². The fraction of sp³-hybridized carbons (Fsp3) is 0.750. The summed E-state index contributed by atoms with van der Waals surface area (Å²) in [5, 5.41) is 4.84. The number of methoxy groups -OCH3 is 1. The second kappa shape index (κ2) is 8.31. The number of carbonyl (C=O) groups is 2. The van der Waals surface area contributed by atoms with Crippen LogP contribution >= 0.6 is 0 Å². The molecule has 14 heavy (non-hydrogen) atoms. The van der Waals surface area contributed by atoms with E-state index in [1.165, 1.54) is 7.11 Å². The van der Waals surface area contributed by atoms with E-state index < -0.39 is 12.0 Å². The van der Waals surface area contributed by atoms with Crippen LogP contribution in [0.2, 0.25) is 0 Å². The highest BCUT2D eigenvalue weighted by atomic mass is 16.5. The van der Waals surface area contributed by atoms with E-state index >= 15 is 0 Å². The molecule has 82 valence electrons. The smallest absolute Gasteiger partial charge is 0.325 e. The summed E-state index contributed by atoms with van der Waals surface area (Å²) in [6, 6.07) is -0.407. The van der Waals surface area contributed by atoms with Crippen LogP contribution in [0.5, 0.6) is 0 Å². The Bertz CT molecular complexity index is 184. The number of amides is 2. The maximum absolute atomic E-state index is 10.9. The molecular weight excluding hydrogens is 188 g/mol. The predicted molar refractivity (Wildman–Crippen MR) is 49.9 cm³/mol. The van der Waals surface area contributed by atoms with Crippen molar-refractivity contribution < 1.29 is 19.1 Å². The summed E-state index contributed by atoms with van der Waals surface area (Å²) in [6.45, 7) is 2.74. The second-order valence-corrected chi connectivity index (χ2v) is 2.41. The highest BCUT2D eigenvalue weighted by Gasteiger charge is 2.04. The number of ether oxygens (including phenoxy) is 2. The van der Waals surface area contributed by atoms with Crippen LogP contribution in [0.4, 0.5) is 4.79 Å². The van der Waals surface area contributed by atoms with Gasteiger partial charge >= 0.3 is 12.0 Å². The molecule has 0 fully saturated rings. The number of hydrogen-bond donors (Lipinski definition) is 2. The molecule has 0 aromatic carbocycles. The minimum Gasteiger partial charge on any atom is -0.465 e. The average Bonchev–Trinajstić information content (AvgIpc) is 2.16. The topological polar surface area (TPSA) is 76.7 Å². The number of esters is 1. The van der Waals surface area contributed by atoms with Gasteiger partial charge in [-0.2, -0.15) is 0 Å². The molecule has 0 heterocycles. The van der Waals surface area contributed by atoms with Crippen LogP contribution in [-0.2, 0) is 14.3 Å². The van der Waals surface area contributed by atoms with E-state index in [1.807, 2.05) is 0 Å². The van der Waals surface area contributed by atoms with Gasteiger partial charge in [0.2, 0.25) is 0 Å². The van der Waals surface area contributed by atoms with E-state index in [0.29, 0.717) is 19.8 Å². The quantitative estimate of drug-likeness (QED) is 0.451. The van der Waals surface area contributed by atoms with Crippen LogP contribution in [0.15, 0.2) is 0 Å². The minimum absolute atomic E-state index is 0.118. The lowest BCUT2D eigenvalue weighted by atomic mass is 10.6. The summed E-state index contributed by atoms with van der Waals surface area (Å²) in [5.74, 6) is -0.450. The van der Waals surface area contributed by atoms with Gasteiger partial charge in [0.1, 0.15) is 6.54 Å². The standard InChI is InChI=1S/C8H16N2O4/c1-3-14-7(11)6-10-8(12)9-4-5-13-2/h3-6H2,1-2H3,(H2,9,10,12). The van der Waals surface area contributed by atoms with Gasteiger partial charge in [-0.1, -0.05) is 0 Å². The van der Waals surface area contributed by atoms with E-state index in [9.17, 15) is 9.59 Å². The van der Waals surface area contributed by atoms with Crippen molar-refractivity contribution in [3.63, 3.8) is 0 Å². The second-order valence-electron chi connectivity index (χ2n) is 2.41. The van der Waals surface area contributed by atoms with Gasteiger partial charge in [-0.15, -0.1) is 0 Å². The molecule has 6 nitrogen and oxygen atoms in total. The van der Waals surface area contributed by atoms with Crippen LogP contribution in [0.1, 0.15) is 6.92 Å². The molecule has 0 aromatic rings. The molecule has 0 aromatic heterocycles. The summed E-state index contributed by atoms with van der Waals surface area (Å²) in [4.78, 5) is 21.7. The van der Waals surface area contributed by atoms with Crippen molar-refractivity contribution >= 4 is 12.0 Å². The number of urea groups is 1. The molecule has 0 spiro atoms. The van der Waals surface area contributed by atoms with Gasteiger partial charge in [0.25, 0.3) is 0 Å². The lowest BCUT2D eigenvalue weighted by Crippen LogP contribution is -2.40. The van der Waals surface area contributed by atoms with Gasteiger partial charge in [0.15, 0.2) is 0 Å². The Balaban J connectivity index is 3.39. The number of nitrogens with one attached hydrogen (secondary N) is 2. The van der Waals surface area contributed by atoms with E-state index in [4.69, 9.17) is 4.74 Å². The van der Waals surface area contributed by atoms with Gasteiger partial charge < -0.3 is 20.1 Å². The minimum atomic E-state index is -0.450. The third kappa shape index (κ3) is 7.35. The zero-order valence-corrected chi connectivity index (χ0v) is 8.46. The van der Waals surface area contributed by atoms with Crippen molar-refractivity contribution in [3.8, 4) is 0 Å². The molecule has 2 N–H and O–H groups in total. The van der Waals surface area contributed by atoms with Crippen LogP contribution in [0.3, 0.4) is 0 Å². The molecular formula is C8H16N2O4. The zero-order chi connectivity index (χ0) is 10.8. The maximum Gasteiger partial charge on any atom is 0.325 e. The Hall–Kier alpha value is -1.30. The summed E-state index contributed by atoms with van der Waals surface area (Å²) < 4.78 is 9.33. The van der Waals surface area contributed by atoms with Gasteiger partial charge in [-0.05, 0) is 6.92 Å². The predicted octanol–water partition coefficient (Wildman–Crippen LogP) is -0.505. The SMILES string of the molecule is CCOC(=O)CNC(=O)NCCOC. The monoisotopic (exact) mass is 204 g/mol. The average molecular weight is 204 g/mol. The molecule has 0 saturated carbocycles. The first-order valence-corrected chi connectivity index (χ1v) is 4.37. The fourth-order valence-electron chi connectivity index (χ4n) is 0.694. The molecule has 6 heteroatoms. The number of hydrogen-bond acceptors (Lipinski definition) is 4. The van der Waals surface area contributed by atoms with Gasteiger partial charge in [-0.25, -0.2) is 4.79 Å². The molecule has 2 amide bonds. The molecule has 0 radical (unpaired) electrons. The van der Waals surface area contributed by atoms with Crippen LogP contribution in [0.25, 0.3) is 0 Å². The van der Waals surface area contributed by atoms with Crippen molar-refractivity contribution in [1.82, 2.24) is 10.6 Å². The molecule has 0 unspecified atom stereocenters. The highest BCUT2D eigenvalue weighted by molar-refractivity contribution is 5.80. The summed E-state index contributed by atoms with van der Waals surface area (Å²) in [7, 11) is 1.54. The van der Waals surface area contributed by atoms with Crippen molar-refractivity contribution in [2.75, 3.05) is 33.4 Å². The molecule has 0 atom stereocenters. The van der Waals surface area contributed by atoms with Crippen LogP contribution < -0.4 is 10.6 Å². The Morgan fingerprint density at radius 2 is 2.00 bits per heavy atom. The number of rotatable bonds is 6. The van der Waals surface area contributed by atoms with Crippen molar-refractivity contribution in [1.29, 1.82) is 0 Å².